The van der Waals surface area contributed by atoms with Crippen LogP contribution in [-0.2, 0) is 11.3 Å². The molecule has 8 heteroatoms. The van der Waals surface area contributed by atoms with E-state index in [9.17, 15) is 4.79 Å². The molecule has 1 amide bonds. The number of pyridine rings is 1. The first kappa shape index (κ1) is 18.8. The first-order valence-corrected chi connectivity index (χ1v) is 9.54. The molecule has 0 spiro atoms. The van der Waals surface area contributed by atoms with Crippen LogP contribution in [-0.4, -0.2) is 30.6 Å². The van der Waals surface area contributed by atoms with Gasteiger partial charge in [-0.3, -0.25) is 9.20 Å². The van der Waals surface area contributed by atoms with Gasteiger partial charge in [0.05, 0.1) is 18.0 Å². The summed E-state index contributed by atoms with van der Waals surface area (Å²) in [5, 5.41) is 15.5. The third-order valence-electron chi connectivity index (χ3n) is 4.81. The summed E-state index contributed by atoms with van der Waals surface area (Å²) < 4.78 is 7.22. The quantitative estimate of drug-likeness (QED) is 0.542. The number of carbonyl (C=O) groups is 1. The minimum Gasteiger partial charge on any atom is -0.348 e. The Morgan fingerprint density at radius 3 is 2.62 bits per heavy atom. The molecule has 3 heterocycles. The van der Waals surface area contributed by atoms with Crippen LogP contribution in [0.2, 0.25) is 0 Å². The zero-order chi connectivity index (χ0) is 20.4. The lowest BCUT2D eigenvalue weighted by Crippen LogP contribution is -2.28. The molecule has 0 aliphatic rings. The summed E-state index contributed by atoms with van der Waals surface area (Å²) in [6.45, 7) is 6.15. The third kappa shape index (κ3) is 3.73. The molecule has 1 atom stereocenters. The highest BCUT2D eigenvalue weighted by molar-refractivity contribution is 5.83. The van der Waals surface area contributed by atoms with Crippen molar-refractivity contribution in [3.8, 4) is 11.5 Å². The van der Waals surface area contributed by atoms with E-state index >= 15 is 0 Å². The lowest BCUT2D eigenvalue weighted by atomic mass is 10.0. The number of rotatable bonds is 6. The van der Waals surface area contributed by atoms with Crippen LogP contribution in [0.1, 0.15) is 49.8 Å². The molecule has 3 aromatic heterocycles. The minimum atomic E-state index is -0.251. The monoisotopic (exact) mass is 390 g/mol. The predicted molar refractivity (Wildman–Crippen MR) is 107 cm³/mol. The molecular weight excluding hydrogens is 368 g/mol. The molecule has 0 fully saturated rings. The molecule has 0 radical (unpaired) electrons. The Hall–Kier alpha value is -3.55. The van der Waals surface area contributed by atoms with Gasteiger partial charge < -0.3 is 9.84 Å². The van der Waals surface area contributed by atoms with Crippen LogP contribution >= 0.6 is 0 Å². The Bertz CT molecular complexity index is 1130. The van der Waals surface area contributed by atoms with E-state index < -0.39 is 0 Å². The summed E-state index contributed by atoms with van der Waals surface area (Å²) in [4.78, 5) is 17.0. The molecule has 0 saturated carbocycles. The molecule has 4 rings (SSSR count). The van der Waals surface area contributed by atoms with Crippen molar-refractivity contribution in [2.75, 3.05) is 0 Å². The van der Waals surface area contributed by atoms with Crippen LogP contribution < -0.4 is 5.32 Å². The highest BCUT2D eigenvalue weighted by Gasteiger charge is 2.19. The lowest BCUT2D eigenvalue weighted by Gasteiger charge is -2.12. The van der Waals surface area contributed by atoms with Gasteiger partial charge >= 0.3 is 0 Å². The van der Waals surface area contributed by atoms with E-state index in [1.807, 2.05) is 73.8 Å². The summed E-state index contributed by atoms with van der Waals surface area (Å²) in [6, 6.07) is 13.4. The number of hydrogen-bond acceptors (Lipinski definition) is 6. The first-order valence-electron chi connectivity index (χ1n) is 9.54. The summed E-state index contributed by atoms with van der Waals surface area (Å²) in [5.74, 6) is 1.52. The van der Waals surface area contributed by atoms with Gasteiger partial charge in [-0.25, -0.2) is 0 Å². The molecule has 0 aliphatic heterocycles. The maximum Gasteiger partial charge on any atom is 0.261 e. The summed E-state index contributed by atoms with van der Waals surface area (Å²) in [6.07, 6.45) is 1.85. The summed E-state index contributed by atoms with van der Waals surface area (Å²) >= 11 is 0. The smallest absolute Gasteiger partial charge is 0.261 e. The van der Waals surface area contributed by atoms with Crippen molar-refractivity contribution in [3.63, 3.8) is 0 Å². The Labute approximate surface area is 168 Å². The fourth-order valence-electron chi connectivity index (χ4n) is 3.04. The number of amides is 1. The van der Waals surface area contributed by atoms with Crippen molar-refractivity contribution in [1.29, 1.82) is 0 Å². The maximum atomic E-state index is 12.5. The van der Waals surface area contributed by atoms with Gasteiger partial charge in [-0.15, -0.1) is 10.2 Å². The highest BCUT2D eigenvalue weighted by atomic mass is 16.5. The van der Waals surface area contributed by atoms with Gasteiger partial charge in [0.15, 0.2) is 17.3 Å². The summed E-state index contributed by atoms with van der Waals surface area (Å²) in [5.41, 5.74) is 2.28. The Kier molecular flexibility index (Phi) is 5.07. The normalized spacial score (nSPS) is 12.4. The molecule has 1 aromatic carbocycles. The average Bonchev–Trinajstić information content (AvgIpc) is 3.39. The molecule has 8 nitrogen and oxygen atoms in total. The van der Waals surface area contributed by atoms with E-state index in [1.165, 1.54) is 0 Å². The number of aromatic nitrogens is 5. The van der Waals surface area contributed by atoms with Crippen molar-refractivity contribution in [3.05, 3.63) is 65.9 Å². The van der Waals surface area contributed by atoms with Crippen LogP contribution in [0.5, 0.6) is 0 Å². The third-order valence-corrected chi connectivity index (χ3v) is 4.81. The van der Waals surface area contributed by atoms with Gasteiger partial charge in [0.1, 0.15) is 0 Å². The zero-order valence-electron chi connectivity index (χ0n) is 16.5. The molecular formula is C21H22N6O2. The number of nitrogens with one attached hydrogen (secondary N) is 1. The molecule has 1 N–H and O–H groups in total. The van der Waals surface area contributed by atoms with Gasteiger partial charge in [0.25, 0.3) is 5.89 Å². The van der Waals surface area contributed by atoms with Crippen LogP contribution in [0.15, 0.2) is 53.2 Å². The van der Waals surface area contributed by atoms with Crippen LogP contribution in [0.3, 0.4) is 0 Å². The number of benzene rings is 1. The number of carbonyl (C=O) groups excluding carboxylic acids is 1. The standard InChI is InChI=1S/C21H22N6O2/c1-13(2)18-23-21(29-26-18)16-10-7-11-27-17(24-25-19(16)27)12-22-20(28)14(3)15-8-5-4-6-9-15/h4-11,13-14H,12H2,1-3H3,(H,22,28)/t14-/m1/s1. The van der Waals surface area contributed by atoms with Gasteiger partial charge in [-0.2, -0.15) is 4.98 Å². The van der Waals surface area contributed by atoms with Crippen LogP contribution in [0.4, 0.5) is 0 Å². The van der Waals surface area contributed by atoms with Crippen molar-refractivity contribution in [2.45, 2.75) is 39.2 Å². The van der Waals surface area contributed by atoms with E-state index in [4.69, 9.17) is 4.52 Å². The van der Waals surface area contributed by atoms with Gasteiger partial charge in [-0.1, -0.05) is 49.3 Å². The van der Waals surface area contributed by atoms with E-state index in [2.05, 4.69) is 25.7 Å². The minimum absolute atomic E-state index is 0.0671. The Balaban J connectivity index is 1.54. The number of hydrogen-bond donors (Lipinski definition) is 1. The van der Waals surface area contributed by atoms with Crippen molar-refractivity contribution < 1.29 is 9.32 Å². The second-order valence-electron chi connectivity index (χ2n) is 7.19. The number of fused-ring (bicyclic) bond motifs is 1. The Morgan fingerprint density at radius 2 is 1.90 bits per heavy atom. The van der Waals surface area contributed by atoms with Crippen LogP contribution in [0, 0.1) is 0 Å². The zero-order valence-corrected chi connectivity index (χ0v) is 16.5. The fourth-order valence-corrected chi connectivity index (χ4v) is 3.04. The van der Waals surface area contributed by atoms with Crippen LogP contribution in [0.25, 0.3) is 17.1 Å². The second-order valence-corrected chi connectivity index (χ2v) is 7.19. The summed E-state index contributed by atoms with van der Waals surface area (Å²) in [7, 11) is 0. The molecule has 0 unspecified atom stereocenters. The van der Waals surface area contributed by atoms with Crippen molar-refractivity contribution >= 4 is 11.6 Å². The molecule has 0 bridgehead atoms. The Morgan fingerprint density at radius 1 is 1.10 bits per heavy atom. The van der Waals surface area contributed by atoms with E-state index in [1.54, 1.807) is 0 Å². The highest BCUT2D eigenvalue weighted by Crippen LogP contribution is 2.24. The molecule has 29 heavy (non-hydrogen) atoms. The van der Waals surface area contributed by atoms with E-state index in [0.717, 1.165) is 5.56 Å². The largest absolute Gasteiger partial charge is 0.348 e. The maximum absolute atomic E-state index is 12.5. The predicted octanol–water partition coefficient (Wildman–Crippen LogP) is 3.32. The second kappa shape index (κ2) is 7.83. The average molecular weight is 390 g/mol. The van der Waals surface area contributed by atoms with Crippen molar-refractivity contribution in [2.24, 2.45) is 0 Å². The van der Waals surface area contributed by atoms with E-state index in [0.29, 0.717) is 28.8 Å². The number of nitrogens with zero attached hydrogens (tertiary/aromatic N) is 5. The van der Waals surface area contributed by atoms with Gasteiger partial charge in [-0.05, 0) is 24.6 Å². The molecule has 0 saturated heterocycles. The topological polar surface area (TPSA) is 98.2 Å². The van der Waals surface area contributed by atoms with E-state index in [-0.39, 0.29) is 24.3 Å². The molecule has 4 aromatic rings. The first-order chi connectivity index (χ1) is 14.0. The molecule has 148 valence electrons. The lowest BCUT2D eigenvalue weighted by molar-refractivity contribution is -0.122. The van der Waals surface area contributed by atoms with Gasteiger partial charge in [0.2, 0.25) is 5.91 Å². The van der Waals surface area contributed by atoms with Gasteiger partial charge in [0, 0.05) is 12.1 Å². The molecule has 0 aliphatic carbocycles. The van der Waals surface area contributed by atoms with Crippen molar-refractivity contribution in [1.82, 2.24) is 30.1 Å². The fraction of sp³-hybridized carbons (Fsp3) is 0.286. The SMILES string of the molecule is CC(C)c1noc(-c2cccn3c(CNC(=O)[C@H](C)c4ccccc4)nnc23)n1.